The Morgan fingerprint density at radius 3 is 0.857 bits per heavy atom. The molecule has 4 aromatic rings. The van der Waals surface area contributed by atoms with Crippen LogP contribution in [0, 0.1) is 20.5 Å². The molecule has 4 rings (SSSR count). The van der Waals surface area contributed by atoms with E-state index in [-0.39, 0.29) is 16.5 Å². The largest absolute Gasteiger partial charge is 2.00 e. The van der Waals surface area contributed by atoms with Gasteiger partial charge in [-0.15, -0.1) is 20.5 Å². The van der Waals surface area contributed by atoms with Gasteiger partial charge in [0, 0.05) is 13.1 Å². The fourth-order valence-electron chi connectivity index (χ4n) is 3.10. The standard InChI is InChI=1S/2C13H12Br2N4.2ClHO4.Ni/c2*14-11-5-1-3-9(18-11)13(17-8-7-16)10-4-2-6-12(15)19-10;2*2-1(3,4)5;/h2*1-6H,7-8,16H2;2*(H,2,3,4,5);/q;;;;+2/p-2. The molecule has 0 aliphatic carbocycles. The average Bonchev–Trinajstić information content (AvgIpc) is 2.97. The second-order valence-corrected chi connectivity index (χ2v) is 12.9. The quantitative estimate of drug-likeness (QED) is 0.0969. The van der Waals surface area contributed by atoms with Gasteiger partial charge in [-0.3, -0.25) is 9.98 Å². The molecule has 0 unspecified atom stereocenters. The Bertz CT molecular complexity index is 1410. The summed E-state index contributed by atoms with van der Waals surface area (Å²) in [5, 5.41) is 0. The van der Waals surface area contributed by atoms with Gasteiger partial charge in [-0.25, -0.2) is 57.2 Å². The molecular weight excluding hydrogens is 1000 g/mol. The summed E-state index contributed by atoms with van der Waals surface area (Å²) in [6.45, 7) is 2.06. The van der Waals surface area contributed by atoms with E-state index in [1.807, 2.05) is 72.8 Å². The SMILES string of the molecule is NCCN=C(c1cccc(Br)n1)c1cccc(Br)n1.NCCN=C(c1cccc(Br)n1)c1cccc(Br)n1.[Ni+2].[O-][Cl+3]([O-])([O-])[O-].[O-][Cl+3]([O-])([O-])[O-]. The van der Waals surface area contributed by atoms with Crippen molar-refractivity contribution in [2.75, 3.05) is 26.2 Å². The van der Waals surface area contributed by atoms with E-state index in [4.69, 9.17) is 48.7 Å². The minimum Gasteiger partial charge on any atom is -0.329 e. The van der Waals surface area contributed by atoms with E-state index in [1.54, 1.807) is 0 Å². The van der Waals surface area contributed by atoms with Gasteiger partial charge in [-0.05, 0) is 112 Å². The number of rotatable bonds is 8. The van der Waals surface area contributed by atoms with Crippen molar-refractivity contribution in [3.63, 3.8) is 0 Å². The molecule has 0 spiro atoms. The van der Waals surface area contributed by atoms with Crippen molar-refractivity contribution in [3.05, 3.63) is 114 Å². The molecule has 0 saturated carbocycles. The third-order valence-electron chi connectivity index (χ3n) is 4.63. The van der Waals surface area contributed by atoms with Gasteiger partial charge in [0.2, 0.25) is 0 Å². The number of nitrogens with two attached hydrogens (primary N) is 2. The Kier molecular flexibility index (Phi) is 23.9. The first-order chi connectivity index (χ1) is 22.4. The second kappa shape index (κ2) is 24.7. The number of aromatic nitrogens is 4. The van der Waals surface area contributed by atoms with E-state index in [1.165, 1.54) is 0 Å². The number of hydrogen-bond acceptors (Lipinski definition) is 16. The van der Waals surface area contributed by atoms with Gasteiger partial charge in [-0.1, -0.05) is 24.3 Å². The molecule has 16 nitrogen and oxygen atoms in total. The van der Waals surface area contributed by atoms with Crippen molar-refractivity contribution in [2.24, 2.45) is 21.5 Å². The molecular formula is C26H24Br4Cl2N8NiO8. The molecule has 0 atom stereocenters. The number of aliphatic imine (C=N–C) groups is 2. The summed E-state index contributed by atoms with van der Waals surface area (Å²) in [6.07, 6.45) is 0. The first-order valence-corrected chi connectivity index (χ1v) is 18.3. The van der Waals surface area contributed by atoms with Gasteiger partial charge < -0.3 is 11.5 Å². The van der Waals surface area contributed by atoms with Crippen LogP contribution in [-0.2, 0) is 16.5 Å². The van der Waals surface area contributed by atoms with Crippen molar-refractivity contribution >= 4 is 75.1 Å². The third kappa shape index (κ3) is 23.6. The molecule has 0 aliphatic heterocycles. The molecule has 0 fully saturated rings. The normalized spacial score (nSPS) is 10.4. The Hall–Kier alpha value is -1.47. The summed E-state index contributed by atoms with van der Waals surface area (Å²) in [4.78, 5) is 26.7. The van der Waals surface area contributed by atoms with E-state index >= 15 is 0 Å². The number of hydrogen-bond donors (Lipinski definition) is 2. The Balaban J connectivity index is 0.000000727. The van der Waals surface area contributed by atoms with Gasteiger partial charge in [0.05, 0.1) is 35.9 Å². The molecule has 0 saturated heterocycles. The summed E-state index contributed by atoms with van der Waals surface area (Å²) in [7, 11) is -9.89. The summed E-state index contributed by atoms with van der Waals surface area (Å²) >= 11 is 13.5. The van der Waals surface area contributed by atoms with Crippen molar-refractivity contribution in [3.8, 4) is 0 Å². The fraction of sp³-hybridized carbons (Fsp3) is 0.154. The van der Waals surface area contributed by atoms with Crippen molar-refractivity contribution < 1.29 is 74.2 Å². The van der Waals surface area contributed by atoms with Crippen molar-refractivity contribution in [1.82, 2.24) is 19.9 Å². The molecule has 0 radical (unpaired) electrons. The van der Waals surface area contributed by atoms with Gasteiger partial charge in [0.25, 0.3) is 0 Å². The predicted molar refractivity (Wildman–Crippen MR) is 167 cm³/mol. The molecule has 0 aromatic carbocycles. The van der Waals surface area contributed by atoms with Crippen LogP contribution in [-0.4, -0.2) is 57.5 Å². The Morgan fingerprint density at radius 1 is 0.490 bits per heavy atom. The van der Waals surface area contributed by atoms with Gasteiger partial charge in [0.1, 0.15) is 29.8 Å². The predicted octanol–water partition coefficient (Wildman–Crippen LogP) is -3.92. The zero-order valence-electron chi connectivity index (χ0n) is 24.4. The topological polar surface area (TPSA) is 313 Å². The van der Waals surface area contributed by atoms with E-state index in [2.05, 4.69) is 93.6 Å². The zero-order chi connectivity index (χ0) is 36.3. The smallest absolute Gasteiger partial charge is 0.329 e. The molecule has 4 aromatic heterocycles. The Labute approximate surface area is 328 Å². The van der Waals surface area contributed by atoms with Crippen molar-refractivity contribution in [2.45, 2.75) is 0 Å². The van der Waals surface area contributed by atoms with E-state index in [9.17, 15) is 0 Å². The first-order valence-electron chi connectivity index (χ1n) is 12.7. The summed E-state index contributed by atoms with van der Waals surface area (Å²) in [5.74, 6) is 0. The summed E-state index contributed by atoms with van der Waals surface area (Å²) in [6, 6.07) is 22.8. The molecule has 23 heteroatoms. The Morgan fingerprint density at radius 2 is 0.694 bits per heavy atom. The second-order valence-electron chi connectivity index (χ2n) is 8.18. The van der Waals surface area contributed by atoms with Gasteiger partial charge in [0.15, 0.2) is 0 Å². The zero-order valence-corrected chi connectivity index (χ0v) is 33.3. The number of halogens is 6. The maximum absolute atomic E-state index is 8.49. The number of pyridine rings is 4. The van der Waals surface area contributed by atoms with E-state index in [0.29, 0.717) is 26.2 Å². The molecule has 0 amide bonds. The van der Waals surface area contributed by atoms with E-state index < -0.39 is 20.5 Å². The molecule has 268 valence electrons. The van der Waals surface area contributed by atoms with Crippen LogP contribution in [0.3, 0.4) is 0 Å². The van der Waals surface area contributed by atoms with Crippen LogP contribution < -0.4 is 48.7 Å². The minimum absolute atomic E-state index is 0. The van der Waals surface area contributed by atoms with Crippen molar-refractivity contribution in [1.29, 1.82) is 0 Å². The maximum Gasteiger partial charge on any atom is 2.00 e. The van der Waals surface area contributed by atoms with Crippen LogP contribution in [0.2, 0.25) is 0 Å². The van der Waals surface area contributed by atoms with Crippen LogP contribution in [0.1, 0.15) is 22.8 Å². The van der Waals surface area contributed by atoms with Crippen LogP contribution in [0.15, 0.2) is 101 Å². The first kappa shape index (κ1) is 47.5. The van der Waals surface area contributed by atoms with Gasteiger partial charge >= 0.3 is 16.5 Å². The summed E-state index contributed by atoms with van der Waals surface area (Å²) in [5.41, 5.74) is 15.6. The monoisotopic (exact) mass is 1020 g/mol. The van der Waals surface area contributed by atoms with Gasteiger partial charge in [-0.2, -0.15) is 0 Å². The van der Waals surface area contributed by atoms with Crippen LogP contribution in [0.4, 0.5) is 0 Å². The third-order valence-corrected chi connectivity index (χ3v) is 6.40. The van der Waals surface area contributed by atoms with Crippen LogP contribution in [0.5, 0.6) is 0 Å². The summed E-state index contributed by atoms with van der Waals surface area (Å²) < 4.78 is 71.0. The molecule has 0 aliphatic rings. The minimum atomic E-state index is -4.94. The molecule has 4 N–H and O–H groups in total. The average molecular weight is 1030 g/mol. The molecule has 49 heavy (non-hydrogen) atoms. The molecule has 4 heterocycles. The fourth-order valence-corrected chi connectivity index (χ4v) is 4.47. The van der Waals surface area contributed by atoms with E-state index in [0.717, 1.165) is 52.6 Å². The van der Waals surface area contributed by atoms with Crippen LogP contribution in [0.25, 0.3) is 0 Å². The van der Waals surface area contributed by atoms with Crippen LogP contribution >= 0.6 is 63.7 Å². The maximum atomic E-state index is 8.49. The molecule has 0 bridgehead atoms. The number of nitrogens with zero attached hydrogens (tertiary/aromatic N) is 6.